The van der Waals surface area contributed by atoms with Crippen molar-refractivity contribution in [3.8, 4) is 0 Å². The highest BCUT2D eigenvalue weighted by atomic mass is 79.9. The number of hydrogen-bond donors (Lipinski definition) is 0. The second kappa shape index (κ2) is 5.12. The normalized spacial score (nSPS) is 13.5. The lowest BCUT2D eigenvalue weighted by Crippen LogP contribution is -2.22. The van der Waals surface area contributed by atoms with Gasteiger partial charge in [-0.15, -0.1) is 0 Å². The van der Waals surface area contributed by atoms with Crippen LogP contribution in [-0.4, -0.2) is 9.75 Å². The van der Waals surface area contributed by atoms with Crippen molar-refractivity contribution < 1.29 is 9.31 Å². The van der Waals surface area contributed by atoms with Crippen molar-refractivity contribution in [1.29, 1.82) is 0 Å². The quantitative estimate of drug-likeness (QED) is 0.479. The molecule has 0 aliphatic carbocycles. The second-order valence-electron chi connectivity index (χ2n) is 5.07. The third-order valence-electron chi connectivity index (χ3n) is 2.58. The minimum Gasteiger partial charge on any atom is -0.258 e. The first-order valence-corrected chi connectivity index (χ1v) is 6.20. The van der Waals surface area contributed by atoms with Gasteiger partial charge in [-0.3, -0.25) is 10.1 Å². The Labute approximate surface area is 108 Å². The average Bonchev–Trinajstić information content (AvgIpc) is 2.15. The van der Waals surface area contributed by atoms with E-state index in [2.05, 4.69) is 15.9 Å². The lowest BCUT2D eigenvalue weighted by Gasteiger charge is -2.25. The zero-order valence-electron chi connectivity index (χ0n) is 10.0. The highest BCUT2D eigenvalue weighted by molar-refractivity contribution is 9.09. The summed E-state index contributed by atoms with van der Waals surface area (Å²) >= 11 is 3.50. The molecular weight excluding hydrogens is 289 g/mol. The second-order valence-corrected chi connectivity index (χ2v) is 6.17. The van der Waals surface area contributed by atoms with Gasteiger partial charge in [0.2, 0.25) is 0 Å². The fourth-order valence-corrected chi connectivity index (χ4v) is 1.74. The zero-order chi connectivity index (χ0) is 13.2. The molecule has 0 bridgehead atoms. The van der Waals surface area contributed by atoms with Crippen LogP contribution in [0, 0.1) is 21.3 Å². The molecule has 1 aromatic carbocycles. The third kappa shape index (κ3) is 3.77. The van der Waals surface area contributed by atoms with Gasteiger partial charge in [-0.25, -0.2) is 4.39 Å². The Morgan fingerprint density at radius 1 is 1.47 bits per heavy atom. The Balaban J connectivity index is 3.04. The molecule has 1 unspecified atom stereocenters. The number of nitro groups is 1. The van der Waals surface area contributed by atoms with Crippen LogP contribution in [0.3, 0.4) is 0 Å². The average molecular weight is 304 g/mol. The van der Waals surface area contributed by atoms with E-state index in [1.807, 2.05) is 20.8 Å². The Bertz CT molecular complexity index is 429. The molecule has 17 heavy (non-hydrogen) atoms. The van der Waals surface area contributed by atoms with Gasteiger partial charge in [-0.1, -0.05) is 36.7 Å². The molecule has 0 aliphatic rings. The van der Waals surface area contributed by atoms with Gasteiger partial charge in [-0.2, -0.15) is 0 Å². The minimum absolute atomic E-state index is 0.0277. The predicted octanol–water partition coefficient (Wildman–Crippen LogP) is 4.09. The summed E-state index contributed by atoms with van der Waals surface area (Å²) in [5.74, 6) is -0.445. The van der Waals surface area contributed by atoms with Crippen LogP contribution in [0.2, 0.25) is 0 Å². The van der Waals surface area contributed by atoms with Crippen molar-refractivity contribution in [3.63, 3.8) is 0 Å². The smallest absolute Gasteiger partial charge is 0.258 e. The monoisotopic (exact) mass is 303 g/mol. The summed E-state index contributed by atoms with van der Waals surface area (Å²) < 4.78 is 13.1. The fourth-order valence-electron chi connectivity index (χ4n) is 1.39. The summed E-state index contributed by atoms with van der Waals surface area (Å²) in [6, 6.07) is 3.56. The lowest BCUT2D eigenvalue weighted by molar-refractivity contribution is -0.385. The first-order chi connectivity index (χ1) is 7.71. The van der Waals surface area contributed by atoms with E-state index in [0.717, 1.165) is 6.07 Å². The van der Waals surface area contributed by atoms with Gasteiger partial charge in [0.25, 0.3) is 5.69 Å². The van der Waals surface area contributed by atoms with Crippen molar-refractivity contribution in [2.24, 2.45) is 5.41 Å². The topological polar surface area (TPSA) is 43.1 Å². The van der Waals surface area contributed by atoms with Crippen LogP contribution < -0.4 is 0 Å². The van der Waals surface area contributed by atoms with E-state index in [4.69, 9.17) is 0 Å². The Morgan fingerprint density at radius 3 is 2.53 bits per heavy atom. The summed E-state index contributed by atoms with van der Waals surface area (Å²) in [4.78, 5) is 10.4. The summed E-state index contributed by atoms with van der Waals surface area (Å²) in [7, 11) is 0. The van der Waals surface area contributed by atoms with E-state index in [-0.39, 0.29) is 15.9 Å². The molecule has 5 heteroatoms. The molecule has 0 saturated carbocycles. The third-order valence-corrected chi connectivity index (χ3v) is 4.27. The van der Waals surface area contributed by atoms with E-state index >= 15 is 0 Å². The summed E-state index contributed by atoms with van der Waals surface area (Å²) in [5, 5.41) is 10.8. The molecule has 1 aromatic rings. The van der Waals surface area contributed by atoms with Crippen molar-refractivity contribution in [1.82, 2.24) is 0 Å². The molecule has 94 valence electrons. The van der Waals surface area contributed by atoms with Crippen LogP contribution in [0.4, 0.5) is 10.1 Å². The van der Waals surface area contributed by atoms with E-state index in [9.17, 15) is 14.5 Å². The van der Waals surface area contributed by atoms with Gasteiger partial charge in [0.1, 0.15) is 5.82 Å². The maximum absolute atomic E-state index is 13.1. The summed E-state index contributed by atoms with van der Waals surface area (Å²) in [6.07, 6.45) is 0.428. The molecule has 0 fully saturated rings. The zero-order valence-corrected chi connectivity index (χ0v) is 11.6. The van der Waals surface area contributed by atoms with Gasteiger partial charge in [0, 0.05) is 16.5 Å². The van der Waals surface area contributed by atoms with Gasteiger partial charge < -0.3 is 0 Å². The van der Waals surface area contributed by atoms with Gasteiger partial charge in [0.15, 0.2) is 0 Å². The minimum atomic E-state index is -0.475. The molecule has 3 nitrogen and oxygen atoms in total. The summed E-state index contributed by atoms with van der Waals surface area (Å²) in [6.45, 7) is 6.08. The SMILES string of the molecule is CC(C)(C)C(Br)Cc1cc(F)ccc1[N+](=O)[O-]. The molecule has 0 saturated heterocycles. The Morgan fingerprint density at radius 2 is 2.06 bits per heavy atom. The molecule has 0 spiro atoms. The maximum Gasteiger partial charge on any atom is 0.272 e. The van der Waals surface area contributed by atoms with Crippen LogP contribution in [0.5, 0.6) is 0 Å². The van der Waals surface area contributed by atoms with E-state index in [0.29, 0.717) is 12.0 Å². The van der Waals surface area contributed by atoms with Crippen LogP contribution in [0.25, 0.3) is 0 Å². The number of benzene rings is 1. The first-order valence-electron chi connectivity index (χ1n) is 5.28. The number of halogens is 2. The van der Waals surface area contributed by atoms with Crippen molar-refractivity contribution >= 4 is 21.6 Å². The number of nitro benzene ring substituents is 1. The molecule has 0 amide bonds. The number of nitrogens with zero attached hydrogens (tertiary/aromatic N) is 1. The van der Waals surface area contributed by atoms with Crippen molar-refractivity contribution in [3.05, 3.63) is 39.7 Å². The fraction of sp³-hybridized carbons (Fsp3) is 0.500. The van der Waals surface area contributed by atoms with Crippen molar-refractivity contribution in [2.75, 3.05) is 0 Å². The van der Waals surface area contributed by atoms with Gasteiger partial charge in [0.05, 0.1) is 4.92 Å². The molecule has 0 N–H and O–H groups in total. The van der Waals surface area contributed by atoms with Crippen LogP contribution in [0.1, 0.15) is 26.3 Å². The van der Waals surface area contributed by atoms with Crippen LogP contribution in [-0.2, 0) is 6.42 Å². The molecule has 0 radical (unpaired) electrons. The highest BCUT2D eigenvalue weighted by Crippen LogP contribution is 2.31. The Hall–Kier alpha value is -0.970. The highest BCUT2D eigenvalue weighted by Gasteiger charge is 2.25. The van der Waals surface area contributed by atoms with Gasteiger partial charge in [-0.05, 0) is 24.0 Å². The van der Waals surface area contributed by atoms with Crippen LogP contribution in [0.15, 0.2) is 18.2 Å². The molecule has 0 aromatic heterocycles. The molecular formula is C12H15BrFNO2. The first kappa shape index (κ1) is 14.1. The van der Waals surface area contributed by atoms with E-state index < -0.39 is 10.7 Å². The van der Waals surface area contributed by atoms with E-state index in [1.54, 1.807) is 0 Å². The largest absolute Gasteiger partial charge is 0.272 e. The molecule has 0 heterocycles. The summed E-state index contributed by atoms with van der Waals surface area (Å²) in [5.41, 5.74) is 0.354. The van der Waals surface area contributed by atoms with Crippen LogP contribution >= 0.6 is 15.9 Å². The van der Waals surface area contributed by atoms with Gasteiger partial charge >= 0.3 is 0 Å². The predicted molar refractivity (Wildman–Crippen MR) is 68.9 cm³/mol. The maximum atomic E-state index is 13.1. The Kier molecular flexibility index (Phi) is 4.25. The molecule has 1 atom stereocenters. The standard InChI is InChI=1S/C12H15BrFNO2/c1-12(2,3)11(13)7-8-6-9(14)4-5-10(8)15(16)17/h4-6,11H,7H2,1-3H3. The van der Waals surface area contributed by atoms with E-state index in [1.165, 1.54) is 12.1 Å². The number of rotatable bonds is 3. The molecule has 0 aliphatic heterocycles. The lowest BCUT2D eigenvalue weighted by atomic mass is 9.88. The number of hydrogen-bond acceptors (Lipinski definition) is 2. The number of alkyl halides is 1. The molecule has 1 rings (SSSR count). The van der Waals surface area contributed by atoms with Crippen molar-refractivity contribution in [2.45, 2.75) is 32.0 Å².